The van der Waals surface area contributed by atoms with E-state index in [1.165, 1.54) is 25.3 Å². The molecule has 2 amide bonds. The number of nitrogens with zero attached hydrogens (tertiary/aromatic N) is 2. The molecule has 2 saturated carbocycles. The van der Waals surface area contributed by atoms with Crippen molar-refractivity contribution in [2.75, 3.05) is 26.2 Å². The number of likely N-dealkylation sites (tertiary alicyclic amines) is 1. The fraction of sp³-hybridized carbons (Fsp3) is 0.765. The van der Waals surface area contributed by atoms with Crippen LogP contribution in [0.5, 0.6) is 0 Å². The molecule has 2 aliphatic carbocycles. The van der Waals surface area contributed by atoms with Gasteiger partial charge in [0.05, 0.1) is 6.54 Å². The van der Waals surface area contributed by atoms with Gasteiger partial charge in [0.2, 0.25) is 11.8 Å². The zero-order valence-electron chi connectivity index (χ0n) is 13.2. The van der Waals surface area contributed by atoms with Gasteiger partial charge in [0, 0.05) is 19.6 Å². The maximum atomic E-state index is 12.5. The van der Waals surface area contributed by atoms with Crippen LogP contribution in [0.25, 0.3) is 0 Å². The van der Waals surface area contributed by atoms with Crippen LogP contribution in [0.4, 0.5) is 0 Å². The molecule has 0 aromatic heterocycles. The van der Waals surface area contributed by atoms with Gasteiger partial charge in [0.25, 0.3) is 0 Å². The van der Waals surface area contributed by atoms with Gasteiger partial charge in [-0.25, -0.2) is 0 Å². The number of hydrogen-bond donors (Lipinski definition) is 0. The molecule has 0 unspecified atom stereocenters. The zero-order chi connectivity index (χ0) is 15.2. The molecule has 0 aromatic carbocycles. The first-order valence-electron chi connectivity index (χ1n) is 8.18. The predicted molar refractivity (Wildman–Crippen MR) is 81.5 cm³/mol. The maximum absolute atomic E-state index is 12.5. The molecule has 4 heteroatoms. The normalized spacial score (nSPS) is 36.7. The van der Waals surface area contributed by atoms with Gasteiger partial charge in [-0.2, -0.15) is 0 Å². The van der Waals surface area contributed by atoms with Crippen molar-refractivity contribution in [3.05, 3.63) is 12.7 Å². The summed E-state index contributed by atoms with van der Waals surface area (Å²) in [5.41, 5.74) is 0.331. The Morgan fingerprint density at radius 1 is 1.43 bits per heavy atom. The second-order valence-electron chi connectivity index (χ2n) is 7.21. The van der Waals surface area contributed by atoms with Crippen molar-refractivity contribution < 1.29 is 9.59 Å². The lowest BCUT2D eigenvalue weighted by Gasteiger charge is -2.34. The SMILES string of the molecule is C=CC(=O)N(CC)CC(=O)N1C[C@@H]2[C@@H]3CC[C@H](C3)[C@]2(C)C1. The quantitative estimate of drug-likeness (QED) is 0.742. The molecule has 116 valence electrons. The van der Waals surface area contributed by atoms with E-state index in [1.807, 2.05) is 11.8 Å². The van der Waals surface area contributed by atoms with E-state index in [2.05, 4.69) is 13.5 Å². The Bertz CT molecular complexity index is 475. The molecule has 0 radical (unpaired) electrons. The first-order chi connectivity index (χ1) is 9.99. The van der Waals surface area contributed by atoms with Crippen LogP contribution in [0.15, 0.2) is 12.7 Å². The van der Waals surface area contributed by atoms with Gasteiger partial charge in [-0.15, -0.1) is 0 Å². The average molecular weight is 290 g/mol. The lowest BCUT2D eigenvalue weighted by atomic mass is 9.70. The van der Waals surface area contributed by atoms with Gasteiger partial charge >= 0.3 is 0 Å². The zero-order valence-corrected chi connectivity index (χ0v) is 13.2. The highest BCUT2D eigenvalue weighted by Gasteiger charge is 2.59. The second kappa shape index (κ2) is 5.15. The summed E-state index contributed by atoms with van der Waals surface area (Å²) in [7, 11) is 0. The van der Waals surface area contributed by atoms with E-state index in [0.717, 1.165) is 24.9 Å². The summed E-state index contributed by atoms with van der Waals surface area (Å²) < 4.78 is 0. The first kappa shape index (κ1) is 14.6. The summed E-state index contributed by atoms with van der Waals surface area (Å²) in [6.07, 6.45) is 5.36. The van der Waals surface area contributed by atoms with E-state index in [4.69, 9.17) is 0 Å². The molecule has 0 N–H and O–H groups in total. The Morgan fingerprint density at radius 3 is 2.81 bits per heavy atom. The van der Waals surface area contributed by atoms with E-state index in [1.54, 1.807) is 4.90 Å². The van der Waals surface area contributed by atoms with Crippen LogP contribution < -0.4 is 0 Å². The Labute approximate surface area is 127 Å². The standard InChI is InChI=1S/C17H26N2O2/c1-4-15(20)18(5-2)10-16(21)19-9-14-12-6-7-13(8-12)17(14,3)11-19/h4,12-14H,1,5-11H2,2-3H3/t12-,13-,14-,17+/m1/s1. The molecule has 1 aliphatic heterocycles. The highest BCUT2D eigenvalue weighted by atomic mass is 16.2. The smallest absolute Gasteiger partial charge is 0.246 e. The molecular weight excluding hydrogens is 264 g/mol. The third kappa shape index (κ3) is 2.19. The minimum atomic E-state index is -0.156. The van der Waals surface area contributed by atoms with Gasteiger partial charge in [0.15, 0.2) is 0 Å². The summed E-state index contributed by atoms with van der Waals surface area (Å²) in [5.74, 6) is 2.27. The second-order valence-corrected chi connectivity index (χ2v) is 7.21. The Kier molecular flexibility index (Phi) is 3.58. The number of carbonyl (C=O) groups is 2. The average Bonchev–Trinajstić information content (AvgIpc) is 3.13. The van der Waals surface area contributed by atoms with E-state index < -0.39 is 0 Å². The molecule has 4 atom stereocenters. The minimum Gasteiger partial charge on any atom is -0.340 e. The largest absolute Gasteiger partial charge is 0.340 e. The van der Waals surface area contributed by atoms with Gasteiger partial charge < -0.3 is 9.80 Å². The summed E-state index contributed by atoms with van der Waals surface area (Å²) in [6, 6.07) is 0. The summed E-state index contributed by atoms with van der Waals surface area (Å²) in [6.45, 7) is 10.3. The molecule has 4 nitrogen and oxygen atoms in total. The van der Waals surface area contributed by atoms with Crippen molar-refractivity contribution in [1.29, 1.82) is 0 Å². The summed E-state index contributed by atoms with van der Waals surface area (Å²) in [5, 5.41) is 0. The van der Waals surface area contributed by atoms with Gasteiger partial charge in [0.1, 0.15) is 0 Å². The van der Waals surface area contributed by atoms with Crippen molar-refractivity contribution in [1.82, 2.24) is 9.80 Å². The van der Waals surface area contributed by atoms with Crippen molar-refractivity contribution in [3.63, 3.8) is 0 Å². The Morgan fingerprint density at radius 2 is 2.19 bits per heavy atom. The molecule has 0 aromatic rings. The molecular formula is C17H26N2O2. The van der Waals surface area contributed by atoms with E-state index >= 15 is 0 Å². The number of fused-ring (bicyclic) bond motifs is 5. The Hall–Kier alpha value is -1.32. The molecule has 2 bridgehead atoms. The minimum absolute atomic E-state index is 0.0991. The van der Waals surface area contributed by atoms with Crippen LogP contribution >= 0.6 is 0 Å². The Balaban J connectivity index is 1.65. The molecule has 3 aliphatic rings. The summed E-state index contributed by atoms with van der Waals surface area (Å²) >= 11 is 0. The van der Waals surface area contributed by atoms with Crippen molar-refractivity contribution in [3.8, 4) is 0 Å². The topological polar surface area (TPSA) is 40.6 Å². The lowest BCUT2D eigenvalue weighted by molar-refractivity contribution is -0.137. The monoisotopic (exact) mass is 290 g/mol. The third-order valence-corrected chi connectivity index (χ3v) is 6.32. The fourth-order valence-electron chi connectivity index (χ4n) is 5.07. The highest BCUT2D eigenvalue weighted by molar-refractivity contribution is 5.91. The number of hydrogen-bond acceptors (Lipinski definition) is 2. The number of carbonyl (C=O) groups excluding carboxylic acids is 2. The molecule has 1 heterocycles. The number of rotatable bonds is 4. The molecule has 3 rings (SSSR count). The summed E-state index contributed by atoms with van der Waals surface area (Å²) in [4.78, 5) is 27.8. The van der Waals surface area contributed by atoms with Crippen molar-refractivity contribution >= 4 is 11.8 Å². The van der Waals surface area contributed by atoms with Gasteiger partial charge in [-0.3, -0.25) is 9.59 Å². The number of likely N-dealkylation sites (N-methyl/N-ethyl adjacent to an activating group) is 1. The number of amides is 2. The van der Waals surface area contributed by atoms with Crippen molar-refractivity contribution in [2.45, 2.75) is 33.1 Å². The first-order valence-corrected chi connectivity index (χ1v) is 8.18. The predicted octanol–water partition coefficient (Wildman–Crippen LogP) is 1.92. The molecule has 0 spiro atoms. The van der Waals surface area contributed by atoms with Crippen LogP contribution in [0.3, 0.4) is 0 Å². The van der Waals surface area contributed by atoms with Crippen LogP contribution in [0.2, 0.25) is 0 Å². The van der Waals surface area contributed by atoms with Crippen LogP contribution in [0, 0.1) is 23.2 Å². The van der Waals surface area contributed by atoms with Crippen LogP contribution in [0.1, 0.15) is 33.1 Å². The van der Waals surface area contributed by atoms with Crippen molar-refractivity contribution in [2.24, 2.45) is 23.2 Å². The van der Waals surface area contributed by atoms with E-state index in [9.17, 15) is 9.59 Å². The lowest BCUT2D eigenvalue weighted by Crippen LogP contribution is -2.42. The fourth-order valence-corrected chi connectivity index (χ4v) is 5.07. The molecule has 21 heavy (non-hydrogen) atoms. The third-order valence-electron chi connectivity index (χ3n) is 6.32. The van der Waals surface area contributed by atoms with E-state index in [-0.39, 0.29) is 18.4 Å². The van der Waals surface area contributed by atoms with Crippen LogP contribution in [-0.2, 0) is 9.59 Å². The van der Waals surface area contributed by atoms with E-state index in [0.29, 0.717) is 17.9 Å². The highest BCUT2D eigenvalue weighted by Crippen LogP contribution is 2.62. The van der Waals surface area contributed by atoms with Gasteiger partial charge in [-0.05, 0) is 55.4 Å². The van der Waals surface area contributed by atoms with Gasteiger partial charge in [-0.1, -0.05) is 13.5 Å². The molecule has 3 fully saturated rings. The van der Waals surface area contributed by atoms with Crippen LogP contribution in [-0.4, -0.2) is 47.8 Å². The molecule has 1 saturated heterocycles. The maximum Gasteiger partial charge on any atom is 0.246 e.